The summed E-state index contributed by atoms with van der Waals surface area (Å²) in [6.45, 7) is 0.806. The Morgan fingerprint density at radius 2 is 1.74 bits per heavy atom. The second-order valence-electron chi connectivity index (χ2n) is 9.14. The van der Waals surface area contributed by atoms with Gasteiger partial charge < -0.3 is 30.6 Å². The first kappa shape index (κ1) is 25.3. The molecule has 11 heteroatoms. The Morgan fingerprint density at radius 1 is 1.08 bits per heavy atom. The molecule has 0 radical (unpaired) electrons. The predicted octanol–water partition coefficient (Wildman–Crippen LogP) is 1.31. The highest BCUT2D eigenvalue weighted by atomic mass is 16.5. The number of aryl methyl sites for hydroxylation is 1. The summed E-state index contributed by atoms with van der Waals surface area (Å²) in [5.41, 5.74) is 8.44. The average molecular weight is 514 g/mol. The van der Waals surface area contributed by atoms with Gasteiger partial charge in [-0.3, -0.25) is 4.79 Å². The molecule has 4 unspecified atom stereocenters. The Balaban J connectivity index is 1.38. The molecule has 38 heavy (non-hydrogen) atoms. The molecule has 0 saturated carbocycles. The number of ether oxygens (including phenoxy) is 1. The Bertz CT molecular complexity index is 1420. The third kappa shape index (κ3) is 5.05. The van der Waals surface area contributed by atoms with Crippen molar-refractivity contribution >= 4 is 22.9 Å². The number of carbonyl (C=O) groups is 1. The summed E-state index contributed by atoms with van der Waals surface area (Å²) in [5.74, 6) is -0.387. The SMILES string of the molecule is N#Cc1nc(NCC(c2ccccc2)c2ccccc2)c2ncn(CCC3OC(C(N)=O)C(O)C3O)c2n1. The molecular formula is C27H27N7O4. The number of nitrogens with zero attached hydrogens (tertiary/aromatic N) is 5. The van der Waals surface area contributed by atoms with Crippen molar-refractivity contribution in [1.29, 1.82) is 5.26 Å². The molecule has 0 aliphatic carbocycles. The summed E-state index contributed by atoms with van der Waals surface area (Å²) in [6, 6.07) is 22.2. The van der Waals surface area contributed by atoms with Crippen molar-refractivity contribution in [2.45, 2.75) is 43.3 Å². The van der Waals surface area contributed by atoms with Crippen LogP contribution in [0.1, 0.15) is 29.3 Å². The van der Waals surface area contributed by atoms with E-state index in [9.17, 15) is 20.3 Å². The summed E-state index contributed by atoms with van der Waals surface area (Å²) >= 11 is 0. The first-order valence-corrected chi connectivity index (χ1v) is 12.2. The molecule has 2 aromatic heterocycles. The summed E-state index contributed by atoms with van der Waals surface area (Å²) in [4.78, 5) is 24.7. The molecule has 194 valence electrons. The third-order valence-corrected chi connectivity index (χ3v) is 6.74. The molecule has 1 fully saturated rings. The second kappa shape index (κ2) is 10.9. The number of imidazole rings is 1. The summed E-state index contributed by atoms with van der Waals surface area (Å²) < 4.78 is 7.19. The molecule has 5 N–H and O–H groups in total. The topological polar surface area (TPSA) is 172 Å². The lowest BCUT2D eigenvalue weighted by Crippen LogP contribution is -2.39. The maximum Gasteiger partial charge on any atom is 0.249 e. The number of nitrogens with one attached hydrogen (secondary N) is 1. The molecule has 1 aliphatic rings. The van der Waals surface area contributed by atoms with Gasteiger partial charge in [-0.1, -0.05) is 60.7 Å². The van der Waals surface area contributed by atoms with Gasteiger partial charge >= 0.3 is 0 Å². The average Bonchev–Trinajstić information content (AvgIpc) is 3.48. The molecule has 0 spiro atoms. The third-order valence-electron chi connectivity index (χ3n) is 6.74. The zero-order chi connectivity index (χ0) is 26.6. The highest BCUT2D eigenvalue weighted by Crippen LogP contribution is 2.28. The number of amides is 1. The van der Waals surface area contributed by atoms with Gasteiger partial charge in [0.2, 0.25) is 11.7 Å². The van der Waals surface area contributed by atoms with Gasteiger partial charge in [-0.2, -0.15) is 15.2 Å². The minimum absolute atomic E-state index is 0.0147. The number of nitriles is 1. The predicted molar refractivity (Wildman–Crippen MR) is 138 cm³/mol. The van der Waals surface area contributed by atoms with Crippen LogP contribution in [0.5, 0.6) is 0 Å². The number of primary amides is 1. The van der Waals surface area contributed by atoms with Crippen molar-refractivity contribution in [3.8, 4) is 6.07 Å². The van der Waals surface area contributed by atoms with Gasteiger partial charge in [0.05, 0.1) is 12.4 Å². The van der Waals surface area contributed by atoms with E-state index in [0.717, 1.165) is 11.1 Å². The minimum Gasteiger partial charge on any atom is -0.388 e. The molecule has 1 saturated heterocycles. The Kier molecular flexibility index (Phi) is 7.28. The van der Waals surface area contributed by atoms with E-state index in [0.29, 0.717) is 30.1 Å². The number of aliphatic hydroxyl groups excluding tert-OH is 2. The van der Waals surface area contributed by atoms with Crippen LogP contribution in [0.15, 0.2) is 67.0 Å². The number of rotatable bonds is 9. The van der Waals surface area contributed by atoms with Crippen LogP contribution in [0.25, 0.3) is 11.2 Å². The van der Waals surface area contributed by atoms with Crippen LogP contribution in [0.3, 0.4) is 0 Å². The van der Waals surface area contributed by atoms with Gasteiger partial charge in [0, 0.05) is 19.0 Å². The van der Waals surface area contributed by atoms with Crippen molar-refractivity contribution in [1.82, 2.24) is 19.5 Å². The lowest BCUT2D eigenvalue weighted by molar-refractivity contribution is -0.132. The van der Waals surface area contributed by atoms with Crippen LogP contribution in [-0.2, 0) is 16.1 Å². The Morgan fingerprint density at radius 3 is 2.32 bits per heavy atom. The summed E-state index contributed by atoms with van der Waals surface area (Å²) in [7, 11) is 0. The fourth-order valence-corrected chi connectivity index (χ4v) is 4.77. The number of hydrogen-bond acceptors (Lipinski definition) is 9. The van der Waals surface area contributed by atoms with E-state index in [4.69, 9.17) is 10.5 Å². The number of carbonyl (C=O) groups excluding carboxylic acids is 1. The fraction of sp³-hybridized carbons (Fsp3) is 0.296. The highest BCUT2D eigenvalue weighted by Gasteiger charge is 2.45. The second-order valence-corrected chi connectivity index (χ2v) is 9.14. The Labute approximate surface area is 218 Å². The number of anilines is 1. The van der Waals surface area contributed by atoms with Crippen LogP contribution < -0.4 is 11.1 Å². The maximum absolute atomic E-state index is 11.5. The number of fused-ring (bicyclic) bond motifs is 1. The van der Waals surface area contributed by atoms with Gasteiger partial charge in [0.25, 0.3) is 0 Å². The van der Waals surface area contributed by atoms with E-state index >= 15 is 0 Å². The first-order valence-electron chi connectivity index (χ1n) is 12.2. The van der Waals surface area contributed by atoms with E-state index in [-0.39, 0.29) is 18.2 Å². The molecule has 5 rings (SSSR count). The monoisotopic (exact) mass is 513 g/mol. The van der Waals surface area contributed by atoms with Crippen molar-refractivity contribution in [3.05, 3.63) is 83.9 Å². The molecule has 0 bridgehead atoms. The zero-order valence-electron chi connectivity index (χ0n) is 20.4. The van der Waals surface area contributed by atoms with Crippen LogP contribution in [0.4, 0.5) is 5.82 Å². The van der Waals surface area contributed by atoms with Gasteiger partial charge in [-0.25, -0.2) is 4.98 Å². The molecule has 3 heterocycles. The van der Waals surface area contributed by atoms with Gasteiger partial charge in [0.1, 0.15) is 18.3 Å². The summed E-state index contributed by atoms with van der Waals surface area (Å²) in [5, 5.41) is 33.3. The van der Waals surface area contributed by atoms with Gasteiger partial charge in [0.15, 0.2) is 23.1 Å². The smallest absolute Gasteiger partial charge is 0.249 e. The molecule has 4 aromatic rings. The lowest BCUT2D eigenvalue weighted by atomic mass is 9.91. The highest BCUT2D eigenvalue weighted by molar-refractivity contribution is 5.83. The minimum atomic E-state index is -1.39. The van der Waals surface area contributed by atoms with Crippen molar-refractivity contribution < 1.29 is 19.7 Å². The van der Waals surface area contributed by atoms with E-state index in [1.807, 2.05) is 42.5 Å². The largest absolute Gasteiger partial charge is 0.388 e. The van der Waals surface area contributed by atoms with Crippen molar-refractivity contribution in [2.75, 3.05) is 11.9 Å². The van der Waals surface area contributed by atoms with E-state index < -0.39 is 30.3 Å². The van der Waals surface area contributed by atoms with Crippen LogP contribution >= 0.6 is 0 Å². The number of hydrogen-bond donors (Lipinski definition) is 4. The van der Waals surface area contributed by atoms with Crippen molar-refractivity contribution in [3.63, 3.8) is 0 Å². The molecule has 4 atom stereocenters. The zero-order valence-corrected chi connectivity index (χ0v) is 20.4. The number of aromatic nitrogens is 4. The van der Waals surface area contributed by atoms with Crippen LogP contribution in [-0.4, -0.2) is 66.6 Å². The molecule has 2 aromatic carbocycles. The lowest BCUT2D eigenvalue weighted by Gasteiger charge is -2.19. The van der Waals surface area contributed by atoms with Gasteiger partial charge in [-0.15, -0.1) is 0 Å². The standard InChI is InChI=1S/C27H27N7O4/c28-13-20-32-26(30-14-18(16-7-3-1-4-8-16)17-9-5-2-6-10-17)21-27(33-20)34(15-31-21)12-11-19-22(35)23(36)24(38-19)25(29)37/h1-10,15,18-19,22-24,35-36H,11-12,14H2,(H2,29,37)(H,30,32,33). The Hall–Kier alpha value is -4.37. The number of nitrogens with two attached hydrogens (primary N) is 1. The van der Waals surface area contributed by atoms with Crippen molar-refractivity contribution in [2.24, 2.45) is 5.73 Å². The first-order chi connectivity index (χ1) is 18.5. The fourth-order valence-electron chi connectivity index (χ4n) is 4.77. The van der Waals surface area contributed by atoms with E-state index in [1.165, 1.54) is 0 Å². The number of aliphatic hydroxyl groups is 2. The normalized spacial score (nSPS) is 21.0. The quantitative estimate of drug-likeness (QED) is 0.257. The maximum atomic E-state index is 11.5. The van der Waals surface area contributed by atoms with Crippen LogP contribution in [0, 0.1) is 11.3 Å². The van der Waals surface area contributed by atoms with Gasteiger partial charge in [-0.05, 0) is 17.5 Å². The number of benzene rings is 2. The van der Waals surface area contributed by atoms with Crippen LogP contribution in [0.2, 0.25) is 0 Å². The molecule has 1 aliphatic heterocycles. The molecule has 11 nitrogen and oxygen atoms in total. The molecule has 1 amide bonds. The van der Waals surface area contributed by atoms with E-state index in [1.54, 1.807) is 10.9 Å². The summed E-state index contributed by atoms with van der Waals surface area (Å²) in [6.07, 6.45) is -2.88. The van der Waals surface area contributed by atoms with E-state index in [2.05, 4.69) is 44.5 Å². The molecular weight excluding hydrogens is 486 g/mol.